The summed E-state index contributed by atoms with van der Waals surface area (Å²) in [5, 5.41) is 0. The summed E-state index contributed by atoms with van der Waals surface area (Å²) in [6.07, 6.45) is 1.73. The van der Waals surface area contributed by atoms with Crippen LogP contribution in [0.2, 0.25) is 0 Å². The Bertz CT molecular complexity index is 291. The molecule has 0 fully saturated rings. The Morgan fingerprint density at radius 1 is 1.47 bits per heavy atom. The second-order valence-corrected chi connectivity index (χ2v) is 3.50. The lowest BCUT2D eigenvalue weighted by Gasteiger charge is -2.11. The number of nitrogens with two attached hydrogens (primary N) is 1. The van der Waals surface area contributed by atoms with Crippen LogP contribution in [0.25, 0.3) is 0 Å². The molecule has 0 amide bonds. The van der Waals surface area contributed by atoms with Crippen LogP contribution in [-0.4, -0.2) is 13.2 Å². The van der Waals surface area contributed by atoms with Gasteiger partial charge >= 0.3 is 0 Å². The number of halogens is 1. The van der Waals surface area contributed by atoms with Crippen molar-refractivity contribution < 1.29 is 9.13 Å². The molecule has 0 aliphatic rings. The summed E-state index contributed by atoms with van der Waals surface area (Å²) in [4.78, 5) is 0. The van der Waals surface area contributed by atoms with Crippen molar-refractivity contribution in [2.24, 2.45) is 5.73 Å². The molecule has 2 nitrogen and oxygen atoms in total. The Labute approximate surface area is 90.2 Å². The molecule has 0 heterocycles. The maximum absolute atomic E-state index is 12.9. The monoisotopic (exact) mass is 211 g/mol. The zero-order valence-corrected chi connectivity index (χ0v) is 9.08. The molecule has 3 heteroatoms. The van der Waals surface area contributed by atoms with Gasteiger partial charge in [0, 0.05) is 19.3 Å². The maximum atomic E-state index is 12.9. The first kappa shape index (κ1) is 12.1. The van der Waals surface area contributed by atoms with E-state index in [2.05, 4.69) is 0 Å². The largest absolute Gasteiger partial charge is 0.382 e. The zero-order valence-electron chi connectivity index (χ0n) is 9.08. The van der Waals surface area contributed by atoms with Gasteiger partial charge in [-0.05, 0) is 37.5 Å². The number of benzene rings is 1. The second-order valence-electron chi connectivity index (χ2n) is 3.50. The summed E-state index contributed by atoms with van der Waals surface area (Å²) in [5.74, 6) is -0.229. The van der Waals surface area contributed by atoms with Gasteiger partial charge in [0.2, 0.25) is 0 Å². The van der Waals surface area contributed by atoms with E-state index >= 15 is 0 Å². The Morgan fingerprint density at radius 3 is 2.93 bits per heavy atom. The number of hydrogen-bond acceptors (Lipinski definition) is 2. The van der Waals surface area contributed by atoms with Crippen molar-refractivity contribution >= 4 is 0 Å². The van der Waals surface area contributed by atoms with Gasteiger partial charge in [-0.3, -0.25) is 0 Å². The highest BCUT2D eigenvalue weighted by Crippen LogP contribution is 2.16. The minimum Gasteiger partial charge on any atom is -0.382 e. The molecule has 0 saturated carbocycles. The quantitative estimate of drug-likeness (QED) is 0.734. The predicted molar refractivity (Wildman–Crippen MR) is 59.1 cm³/mol. The molecule has 2 N–H and O–H groups in total. The zero-order chi connectivity index (χ0) is 11.1. The molecule has 0 radical (unpaired) electrons. The fraction of sp³-hybridized carbons (Fsp3) is 0.500. The summed E-state index contributed by atoms with van der Waals surface area (Å²) in [5.41, 5.74) is 6.78. The Balaban J connectivity index is 2.36. The van der Waals surface area contributed by atoms with Gasteiger partial charge in [0.1, 0.15) is 5.82 Å². The van der Waals surface area contributed by atoms with E-state index in [1.54, 1.807) is 6.07 Å². The third kappa shape index (κ3) is 4.40. The Kier molecular flexibility index (Phi) is 5.29. The summed E-state index contributed by atoms with van der Waals surface area (Å²) in [6, 6.07) is 6.37. The lowest BCUT2D eigenvalue weighted by molar-refractivity contribution is 0.142. The highest BCUT2D eigenvalue weighted by atomic mass is 19.1. The van der Waals surface area contributed by atoms with Crippen molar-refractivity contribution in [1.29, 1.82) is 0 Å². The van der Waals surface area contributed by atoms with Crippen LogP contribution in [0.5, 0.6) is 0 Å². The number of rotatable bonds is 6. The lowest BCUT2D eigenvalue weighted by atomic mass is 10.0. The predicted octanol–water partition coefficient (Wildman–Crippen LogP) is 2.64. The molecule has 0 bridgehead atoms. The second kappa shape index (κ2) is 6.53. The van der Waals surface area contributed by atoms with E-state index in [9.17, 15) is 4.39 Å². The van der Waals surface area contributed by atoms with Crippen molar-refractivity contribution in [2.75, 3.05) is 13.2 Å². The van der Waals surface area contributed by atoms with Crippen LogP contribution in [0, 0.1) is 5.82 Å². The van der Waals surface area contributed by atoms with Gasteiger partial charge in [-0.1, -0.05) is 12.1 Å². The molecule has 0 aromatic heterocycles. The molecule has 1 aromatic rings. The molecule has 84 valence electrons. The minimum absolute atomic E-state index is 0.0962. The van der Waals surface area contributed by atoms with E-state index in [4.69, 9.17) is 10.5 Å². The molecule has 1 rings (SSSR count). The summed E-state index contributed by atoms with van der Waals surface area (Å²) in [6.45, 7) is 3.42. The van der Waals surface area contributed by atoms with E-state index in [0.717, 1.165) is 31.6 Å². The summed E-state index contributed by atoms with van der Waals surface area (Å²) in [7, 11) is 0. The van der Waals surface area contributed by atoms with E-state index in [1.807, 2.05) is 13.0 Å². The Hall–Kier alpha value is -0.930. The van der Waals surface area contributed by atoms with Crippen LogP contribution in [0.1, 0.15) is 31.4 Å². The van der Waals surface area contributed by atoms with Crippen molar-refractivity contribution in [1.82, 2.24) is 0 Å². The van der Waals surface area contributed by atoms with Gasteiger partial charge in [0.05, 0.1) is 0 Å². The summed E-state index contributed by atoms with van der Waals surface area (Å²) < 4.78 is 18.1. The molecular weight excluding hydrogens is 193 g/mol. The highest BCUT2D eigenvalue weighted by molar-refractivity contribution is 5.19. The third-order valence-corrected chi connectivity index (χ3v) is 2.28. The first-order chi connectivity index (χ1) is 7.24. The van der Waals surface area contributed by atoms with Gasteiger partial charge < -0.3 is 10.5 Å². The van der Waals surface area contributed by atoms with Gasteiger partial charge in [-0.15, -0.1) is 0 Å². The molecule has 0 aliphatic carbocycles. The molecule has 0 saturated heterocycles. The molecule has 0 aliphatic heterocycles. The van der Waals surface area contributed by atoms with Crippen molar-refractivity contribution in [2.45, 2.75) is 25.8 Å². The smallest absolute Gasteiger partial charge is 0.123 e. The van der Waals surface area contributed by atoms with Crippen LogP contribution in [0.15, 0.2) is 24.3 Å². The van der Waals surface area contributed by atoms with Crippen molar-refractivity contribution in [3.8, 4) is 0 Å². The normalized spacial score (nSPS) is 12.7. The maximum Gasteiger partial charge on any atom is 0.123 e. The highest BCUT2D eigenvalue weighted by Gasteiger charge is 2.05. The molecule has 15 heavy (non-hydrogen) atoms. The molecule has 1 aromatic carbocycles. The van der Waals surface area contributed by atoms with Crippen LogP contribution in [0.3, 0.4) is 0 Å². The first-order valence-corrected chi connectivity index (χ1v) is 5.33. The average molecular weight is 211 g/mol. The van der Waals surface area contributed by atoms with Gasteiger partial charge in [0.15, 0.2) is 0 Å². The standard InChI is InChI=1S/C12H18FNO/c1-2-15-8-4-7-12(14)10-5-3-6-11(13)9-10/h3,5-6,9,12H,2,4,7-8,14H2,1H3. The first-order valence-electron chi connectivity index (χ1n) is 5.33. The van der Waals surface area contributed by atoms with Crippen molar-refractivity contribution in [3.05, 3.63) is 35.6 Å². The Morgan fingerprint density at radius 2 is 2.27 bits per heavy atom. The van der Waals surface area contributed by atoms with E-state index < -0.39 is 0 Å². The fourth-order valence-electron chi connectivity index (χ4n) is 1.45. The third-order valence-electron chi connectivity index (χ3n) is 2.28. The number of hydrogen-bond donors (Lipinski definition) is 1. The van der Waals surface area contributed by atoms with Crippen LogP contribution in [0.4, 0.5) is 4.39 Å². The summed E-state index contributed by atoms with van der Waals surface area (Å²) >= 11 is 0. The van der Waals surface area contributed by atoms with Gasteiger partial charge in [-0.2, -0.15) is 0 Å². The molecule has 1 unspecified atom stereocenters. The van der Waals surface area contributed by atoms with Crippen LogP contribution < -0.4 is 5.73 Å². The number of ether oxygens (including phenoxy) is 1. The lowest BCUT2D eigenvalue weighted by Crippen LogP contribution is -2.11. The average Bonchev–Trinajstić information content (AvgIpc) is 2.24. The van der Waals surface area contributed by atoms with Gasteiger partial charge in [0.25, 0.3) is 0 Å². The molecular formula is C12H18FNO. The van der Waals surface area contributed by atoms with Crippen molar-refractivity contribution in [3.63, 3.8) is 0 Å². The van der Waals surface area contributed by atoms with Crippen LogP contribution >= 0.6 is 0 Å². The van der Waals surface area contributed by atoms with E-state index in [1.165, 1.54) is 12.1 Å². The van der Waals surface area contributed by atoms with Gasteiger partial charge in [-0.25, -0.2) is 4.39 Å². The van der Waals surface area contributed by atoms with Crippen LogP contribution in [-0.2, 0) is 4.74 Å². The van der Waals surface area contributed by atoms with E-state index in [-0.39, 0.29) is 11.9 Å². The fourth-order valence-corrected chi connectivity index (χ4v) is 1.45. The SMILES string of the molecule is CCOCCCC(N)c1cccc(F)c1. The minimum atomic E-state index is -0.229. The molecule has 0 spiro atoms. The molecule has 1 atom stereocenters. The van der Waals surface area contributed by atoms with E-state index in [0.29, 0.717) is 0 Å². The topological polar surface area (TPSA) is 35.2 Å².